The molecule has 1 amide bonds. The summed E-state index contributed by atoms with van der Waals surface area (Å²) in [5.41, 5.74) is 4.15. The third-order valence-corrected chi connectivity index (χ3v) is 5.81. The van der Waals surface area contributed by atoms with Crippen LogP contribution in [0.2, 0.25) is 0 Å². The summed E-state index contributed by atoms with van der Waals surface area (Å²) in [6, 6.07) is 14.1. The zero-order chi connectivity index (χ0) is 22.6. The number of carbonyl (C=O) groups excluding carboxylic acids is 1. The van der Waals surface area contributed by atoms with Crippen LogP contribution in [-0.2, 0) is 19.5 Å². The van der Waals surface area contributed by atoms with Crippen molar-refractivity contribution in [2.45, 2.75) is 45.7 Å². The van der Waals surface area contributed by atoms with Crippen LogP contribution in [-0.4, -0.2) is 32.1 Å². The number of rotatable bonds is 13. The van der Waals surface area contributed by atoms with Gasteiger partial charge in [-0.3, -0.25) is 4.79 Å². The number of unbranched alkanes of at least 4 members (excludes halogenated alkanes) is 1. The van der Waals surface area contributed by atoms with Crippen LogP contribution in [0.3, 0.4) is 0 Å². The molecule has 1 saturated heterocycles. The van der Waals surface area contributed by atoms with E-state index in [9.17, 15) is 4.79 Å². The smallest absolute Gasteiger partial charge is 0.251 e. The van der Waals surface area contributed by atoms with Gasteiger partial charge in [0.15, 0.2) is 0 Å². The maximum atomic E-state index is 12.6. The Morgan fingerprint density at radius 1 is 1.16 bits per heavy atom. The lowest BCUT2D eigenvalue weighted by molar-refractivity contribution is 0.0951. The molecule has 2 aromatic carbocycles. The molecule has 3 rings (SSSR count). The highest BCUT2D eigenvalue weighted by atomic mass is 16.5. The highest BCUT2D eigenvalue weighted by Crippen LogP contribution is 2.18. The van der Waals surface area contributed by atoms with Gasteiger partial charge in [-0.25, -0.2) is 0 Å². The average Bonchev–Trinajstić information content (AvgIpc) is 3.34. The van der Waals surface area contributed by atoms with Crippen LogP contribution >= 0.6 is 0 Å². The topological polar surface area (TPSA) is 62.4 Å². The second kappa shape index (κ2) is 13.0. The minimum atomic E-state index is -0.0575. The largest absolute Gasteiger partial charge is 0.490 e. The number of amides is 1. The molecule has 5 nitrogen and oxygen atoms in total. The lowest BCUT2D eigenvalue weighted by Gasteiger charge is -2.14. The van der Waals surface area contributed by atoms with Gasteiger partial charge in [-0.1, -0.05) is 44.2 Å². The number of aryl methyl sites for hydroxylation is 1. The molecule has 1 atom stereocenters. The lowest BCUT2D eigenvalue weighted by Crippen LogP contribution is -2.24. The average molecular weight is 436 g/mol. The monoisotopic (exact) mass is 435 g/mol. The van der Waals surface area contributed by atoms with E-state index in [1.54, 1.807) is 6.08 Å². The molecule has 2 aromatic rings. The fourth-order valence-corrected chi connectivity index (χ4v) is 3.97. The van der Waals surface area contributed by atoms with Gasteiger partial charge >= 0.3 is 0 Å². The first-order valence-corrected chi connectivity index (χ1v) is 11.8. The molecule has 0 aromatic heterocycles. The van der Waals surface area contributed by atoms with Gasteiger partial charge in [0.2, 0.25) is 0 Å². The normalized spacial score (nSPS) is 15.5. The summed E-state index contributed by atoms with van der Waals surface area (Å²) in [4.78, 5) is 12.6. The predicted molar refractivity (Wildman–Crippen MR) is 131 cm³/mol. The minimum absolute atomic E-state index is 0.0575. The predicted octanol–water partition coefficient (Wildman–Crippen LogP) is 4.22. The molecule has 1 aliphatic rings. The summed E-state index contributed by atoms with van der Waals surface area (Å²) in [6.45, 7) is 10.8. The Hall–Kier alpha value is -2.63. The van der Waals surface area contributed by atoms with Crippen LogP contribution in [0.4, 0.5) is 0 Å². The number of ether oxygens (including phenoxy) is 1. The van der Waals surface area contributed by atoms with Crippen molar-refractivity contribution in [2.24, 2.45) is 5.92 Å². The molecule has 1 fully saturated rings. The summed E-state index contributed by atoms with van der Waals surface area (Å²) in [5.74, 6) is 1.44. The highest BCUT2D eigenvalue weighted by Gasteiger charge is 2.13. The van der Waals surface area contributed by atoms with Crippen LogP contribution in [0.15, 0.2) is 55.1 Å². The molecule has 32 heavy (non-hydrogen) atoms. The molecule has 3 N–H and O–H groups in total. The Morgan fingerprint density at radius 2 is 1.94 bits per heavy atom. The van der Waals surface area contributed by atoms with E-state index < -0.39 is 0 Å². The molecule has 0 spiro atoms. The van der Waals surface area contributed by atoms with Crippen molar-refractivity contribution in [2.75, 3.05) is 26.2 Å². The van der Waals surface area contributed by atoms with Gasteiger partial charge in [-0.05, 0) is 85.8 Å². The molecule has 1 aliphatic heterocycles. The first-order chi connectivity index (χ1) is 15.7. The van der Waals surface area contributed by atoms with Crippen LogP contribution in [0.5, 0.6) is 5.75 Å². The van der Waals surface area contributed by atoms with Gasteiger partial charge in [0, 0.05) is 18.7 Å². The van der Waals surface area contributed by atoms with Gasteiger partial charge < -0.3 is 20.7 Å². The van der Waals surface area contributed by atoms with E-state index in [0.29, 0.717) is 24.6 Å². The summed E-state index contributed by atoms with van der Waals surface area (Å²) >= 11 is 0. The van der Waals surface area contributed by atoms with Crippen LogP contribution < -0.4 is 20.7 Å². The van der Waals surface area contributed by atoms with Gasteiger partial charge in [-0.2, -0.15) is 0 Å². The molecular formula is C27H37N3O2. The number of benzene rings is 2. The highest BCUT2D eigenvalue weighted by molar-refractivity contribution is 5.94. The van der Waals surface area contributed by atoms with Gasteiger partial charge in [-0.15, -0.1) is 0 Å². The Kier molecular flexibility index (Phi) is 9.79. The summed E-state index contributed by atoms with van der Waals surface area (Å²) < 4.78 is 5.78. The SMILES string of the molecule is C=CCOc1cc(CNCC2CCNC2)cc(CNC(=O)c2ccc(CCCC)cc2)c1. The molecular weight excluding hydrogens is 398 g/mol. The molecule has 0 aliphatic carbocycles. The summed E-state index contributed by atoms with van der Waals surface area (Å²) in [5, 5.41) is 10.0. The van der Waals surface area contributed by atoms with Crippen molar-refractivity contribution in [1.82, 2.24) is 16.0 Å². The van der Waals surface area contributed by atoms with E-state index in [1.807, 2.05) is 18.2 Å². The fourth-order valence-electron chi connectivity index (χ4n) is 3.97. The Balaban J connectivity index is 1.58. The maximum absolute atomic E-state index is 12.6. The summed E-state index contributed by atoms with van der Waals surface area (Å²) in [7, 11) is 0. The lowest BCUT2D eigenvalue weighted by atomic mass is 10.1. The third-order valence-electron chi connectivity index (χ3n) is 5.81. The second-order valence-corrected chi connectivity index (χ2v) is 8.56. The van der Waals surface area contributed by atoms with Crippen LogP contribution in [0, 0.1) is 5.92 Å². The van der Waals surface area contributed by atoms with E-state index in [1.165, 1.54) is 24.8 Å². The zero-order valence-electron chi connectivity index (χ0n) is 19.3. The first-order valence-electron chi connectivity index (χ1n) is 11.8. The van der Waals surface area contributed by atoms with Crippen molar-refractivity contribution in [3.05, 3.63) is 77.4 Å². The van der Waals surface area contributed by atoms with Crippen LogP contribution in [0.1, 0.15) is 53.2 Å². The Bertz CT molecular complexity index is 858. The molecule has 0 radical (unpaired) electrons. The number of hydrogen-bond donors (Lipinski definition) is 3. The Labute approximate surface area is 192 Å². The van der Waals surface area contributed by atoms with Gasteiger partial charge in [0.25, 0.3) is 5.91 Å². The Morgan fingerprint density at radius 3 is 2.62 bits per heavy atom. The van der Waals surface area contributed by atoms with Crippen molar-refractivity contribution in [1.29, 1.82) is 0 Å². The number of nitrogens with one attached hydrogen (secondary N) is 3. The first kappa shape index (κ1) is 24.0. The summed E-state index contributed by atoms with van der Waals surface area (Å²) in [6.07, 6.45) is 6.37. The van der Waals surface area contributed by atoms with E-state index in [-0.39, 0.29) is 5.91 Å². The molecule has 1 heterocycles. The quantitative estimate of drug-likeness (QED) is 0.412. The second-order valence-electron chi connectivity index (χ2n) is 8.56. The molecule has 1 unspecified atom stereocenters. The van der Waals surface area contributed by atoms with Gasteiger partial charge in [0.1, 0.15) is 12.4 Å². The number of carbonyl (C=O) groups is 1. The van der Waals surface area contributed by atoms with E-state index in [4.69, 9.17) is 4.74 Å². The molecule has 0 bridgehead atoms. The van der Waals surface area contributed by atoms with Crippen molar-refractivity contribution in [3.63, 3.8) is 0 Å². The molecule has 0 saturated carbocycles. The molecule has 172 valence electrons. The minimum Gasteiger partial charge on any atom is -0.490 e. The number of hydrogen-bond acceptors (Lipinski definition) is 4. The third kappa shape index (κ3) is 7.81. The van der Waals surface area contributed by atoms with Crippen molar-refractivity contribution >= 4 is 5.91 Å². The van der Waals surface area contributed by atoms with E-state index >= 15 is 0 Å². The molecule has 5 heteroatoms. The van der Waals surface area contributed by atoms with Crippen molar-refractivity contribution in [3.8, 4) is 5.75 Å². The van der Waals surface area contributed by atoms with Crippen LogP contribution in [0.25, 0.3) is 0 Å². The zero-order valence-corrected chi connectivity index (χ0v) is 19.3. The van der Waals surface area contributed by atoms with E-state index in [0.717, 1.165) is 49.5 Å². The van der Waals surface area contributed by atoms with Gasteiger partial charge in [0.05, 0.1) is 0 Å². The standard InChI is InChI=1S/C27H37N3O2/c1-3-5-6-21-7-9-25(10-8-21)27(31)30-20-24-14-23(15-26(16-24)32-13-4-2)19-29-18-22-11-12-28-17-22/h4,7-10,14-16,22,28-29H,2-3,5-6,11-13,17-20H2,1H3,(H,30,31). The fraction of sp³-hybridized carbons (Fsp3) is 0.444. The maximum Gasteiger partial charge on any atom is 0.251 e. The van der Waals surface area contributed by atoms with E-state index in [2.05, 4.69) is 53.7 Å². The van der Waals surface area contributed by atoms with Crippen molar-refractivity contribution < 1.29 is 9.53 Å².